The Morgan fingerprint density at radius 3 is 2.76 bits per heavy atom. The number of amides is 2. The van der Waals surface area contributed by atoms with E-state index < -0.39 is 17.8 Å². The summed E-state index contributed by atoms with van der Waals surface area (Å²) in [6, 6.07) is 2.98. The van der Waals surface area contributed by atoms with Gasteiger partial charge in [0.1, 0.15) is 5.82 Å². The molecule has 1 atom stereocenters. The predicted molar refractivity (Wildman–Crippen MR) is 61.1 cm³/mol. The molecule has 1 aromatic carbocycles. The first-order valence-electron chi connectivity index (χ1n) is 5.08. The Morgan fingerprint density at radius 1 is 1.41 bits per heavy atom. The summed E-state index contributed by atoms with van der Waals surface area (Å²) in [5.41, 5.74) is 5.84. The molecule has 1 saturated heterocycles. The van der Waals surface area contributed by atoms with Crippen LogP contribution in [0.15, 0.2) is 18.2 Å². The zero-order valence-electron chi connectivity index (χ0n) is 8.82. The van der Waals surface area contributed by atoms with Crippen molar-refractivity contribution in [2.45, 2.75) is 18.9 Å². The van der Waals surface area contributed by atoms with Crippen LogP contribution in [0.4, 0.5) is 10.1 Å². The lowest BCUT2D eigenvalue weighted by Gasteiger charge is -2.28. The van der Waals surface area contributed by atoms with Crippen molar-refractivity contribution in [2.75, 3.05) is 4.90 Å². The first-order chi connectivity index (χ1) is 8.00. The minimum Gasteiger partial charge on any atom is -0.320 e. The van der Waals surface area contributed by atoms with Gasteiger partial charge in [-0.1, -0.05) is 11.6 Å². The smallest absolute Gasteiger partial charge is 0.250 e. The van der Waals surface area contributed by atoms with Crippen LogP contribution >= 0.6 is 11.6 Å². The average molecular weight is 257 g/mol. The first-order valence-corrected chi connectivity index (χ1v) is 5.46. The number of benzene rings is 1. The number of hydrogen-bond donors (Lipinski definition) is 1. The van der Waals surface area contributed by atoms with Crippen LogP contribution in [0.3, 0.4) is 0 Å². The predicted octanol–water partition coefficient (Wildman–Crippen LogP) is 1.46. The number of anilines is 1. The van der Waals surface area contributed by atoms with E-state index in [1.54, 1.807) is 0 Å². The lowest BCUT2D eigenvalue weighted by atomic mass is 10.0. The number of piperidine rings is 1. The van der Waals surface area contributed by atoms with Gasteiger partial charge in [0, 0.05) is 6.42 Å². The Balaban J connectivity index is 2.39. The van der Waals surface area contributed by atoms with Crippen LogP contribution in [0.2, 0.25) is 5.02 Å². The Labute approximate surface area is 102 Å². The summed E-state index contributed by atoms with van der Waals surface area (Å²) in [5.74, 6) is -1.43. The molecule has 0 aromatic heterocycles. The van der Waals surface area contributed by atoms with Crippen molar-refractivity contribution in [3.63, 3.8) is 0 Å². The van der Waals surface area contributed by atoms with Crippen LogP contribution in [-0.4, -0.2) is 17.9 Å². The first kappa shape index (κ1) is 12.0. The average Bonchev–Trinajstić information content (AvgIpc) is 2.29. The van der Waals surface area contributed by atoms with Gasteiger partial charge in [-0.25, -0.2) is 9.29 Å². The van der Waals surface area contributed by atoms with Crippen LogP contribution in [-0.2, 0) is 9.59 Å². The number of rotatable bonds is 1. The van der Waals surface area contributed by atoms with Crippen molar-refractivity contribution in [1.82, 2.24) is 0 Å². The molecule has 90 valence electrons. The maximum atomic E-state index is 13.0. The van der Waals surface area contributed by atoms with Crippen LogP contribution < -0.4 is 10.6 Å². The van der Waals surface area contributed by atoms with Gasteiger partial charge in [0.2, 0.25) is 5.91 Å². The quantitative estimate of drug-likeness (QED) is 0.774. The number of halogens is 2. The number of carbonyl (C=O) groups excluding carboxylic acids is 2. The molecule has 2 N–H and O–H groups in total. The fourth-order valence-corrected chi connectivity index (χ4v) is 1.87. The summed E-state index contributed by atoms with van der Waals surface area (Å²) >= 11 is 5.61. The molecule has 2 rings (SSSR count). The van der Waals surface area contributed by atoms with Gasteiger partial charge in [0.15, 0.2) is 0 Å². The molecule has 0 radical (unpaired) electrons. The number of imide groups is 1. The van der Waals surface area contributed by atoms with Gasteiger partial charge in [-0.15, -0.1) is 0 Å². The van der Waals surface area contributed by atoms with Crippen molar-refractivity contribution >= 4 is 29.1 Å². The van der Waals surface area contributed by atoms with Gasteiger partial charge in [-0.05, 0) is 24.6 Å². The third kappa shape index (κ3) is 2.16. The summed E-state index contributed by atoms with van der Waals surface area (Å²) in [5, 5.41) is -0.137. The van der Waals surface area contributed by atoms with Crippen LogP contribution in [0.25, 0.3) is 0 Å². The molecular weight excluding hydrogens is 247 g/mol. The zero-order chi connectivity index (χ0) is 12.6. The molecule has 0 aliphatic carbocycles. The number of carbonyl (C=O) groups is 2. The summed E-state index contributed by atoms with van der Waals surface area (Å²) in [4.78, 5) is 24.4. The second-order valence-electron chi connectivity index (χ2n) is 3.81. The van der Waals surface area contributed by atoms with Crippen molar-refractivity contribution in [3.8, 4) is 0 Å². The largest absolute Gasteiger partial charge is 0.320 e. The third-order valence-electron chi connectivity index (χ3n) is 2.62. The molecule has 4 nitrogen and oxygen atoms in total. The Morgan fingerprint density at radius 2 is 2.12 bits per heavy atom. The Kier molecular flexibility index (Phi) is 3.13. The molecule has 2 amide bonds. The topological polar surface area (TPSA) is 63.4 Å². The van der Waals surface area contributed by atoms with Gasteiger partial charge in [0.25, 0.3) is 5.91 Å². The third-order valence-corrected chi connectivity index (χ3v) is 2.91. The molecule has 17 heavy (non-hydrogen) atoms. The highest BCUT2D eigenvalue weighted by molar-refractivity contribution is 6.31. The normalized spacial score (nSPS) is 20.9. The second-order valence-corrected chi connectivity index (χ2v) is 4.22. The molecule has 6 heteroatoms. The van der Waals surface area contributed by atoms with Crippen LogP contribution in [0.5, 0.6) is 0 Å². The minimum absolute atomic E-state index is 0.137. The van der Waals surface area contributed by atoms with Gasteiger partial charge < -0.3 is 5.73 Å². The van der Waals surface area contributed by atoms with Crippen molar-refractivity contribution < 1.29 is 14.0 Å². The molecule has 1 heterocycles. The van der Waals surface area contributed by atoms with Gasteiger partial charge in [-0.2, -0.15) is 0 Å². The van der Waals surface area contributed by atoms with Gasteiger partial charge in [-0.3, -0.25) is 9.59 Å². The summed E-state index contributed by atoms with van der Waals surface area (Å²) in [6.07, 6.45) is 0.533. The van der Waals surface area contributed by atoms with E-state index in [-0.39, 0.29) is 23.0 Å². The van der Waals surface area contributed by atoms with E-state index in [1.165, 1.54) is 12.1 Å². The standard InChI is InChI=1S/C11H10ClFN2O2/c12-7-5-6(1-2-8(7)13)15-10(16)4-3-9(14)11(15)17/h1-2,5,9H,3-4,14H2/t9-/m0/s1. The Hall–Kier alpha value is -1.46. The van der Waals surface area contributed by atoms with E-state index in [1.807, 2.05) is 0 Å². The SMILES string of the molecule is N[C@H]1CCC(=O)N(c2ccc(F)c(Cl)c2)C1=O. The van der Waals surface area contributed by atoms with E-state index in [0.29, 0.717) is 6.42 Å². The molecule has 1 aliphatic heterocycles. The highest BCUT2D eigenvalue weighted by Crippen LogP contribution is 2.26. The lowest BCUT2D eigenvalue weighted by molar-refractivity contribution is -0.130. The lowest BCUT2D eigenvalue weighted by Crippen LogP contribution is -2.51. The minimum atomic E-state index is -0.698. The number of nitrogens with zero attached hydrogens (tertiary/aromatic N) is 1. The molecule has 1 aromatic rings. The molecule has 0 saturated carbocycles. The molecule has 1 fully saturated rings. The van der Waals surface area contributed by atoms with Gasteiger partial charge in [0.05, 0.1) is 16.8 Å². The zero-order valence-corrected chi connectivity index (χ0v) is 9.58. The summed E-state index contributed by atoms with van der Waals surface area (Å²) in [7, 11) is 0. The second kappa shape index (κ2) is 4.43. The molecule has 1 aliphatic rings. The molecule has 0 spiro atoms. The summed E-state index contributed by atoms with van der Waals surface area (Å²) in [6.45, 7) is 0. The number of nitrogens with two attached hydrogens (primary N) is 1. The van der Waals surface area contributed by atoms with Crippen LogP contribution in [0, 0.1) is 5.82 Å². The van der Waals surface area contributed by atoms with E-state index in [0.717, 1.165) is 11.0 Å². The van der Waals surface area contributed by atoms with Crippen molar-refractivity contribution in [2.24, 2.45) is 5.73 Å². The number of hydrogen-bond acceptors (Lipinski definition) is 3. The molecular formula is C11H10ClFN2O2. The van der Waals surface area contributed by atoms with E-state index in [2.05, 4.69) is 0 Å². The van der Waals surface area contributed by atoms with Crippen molar-refractivity contribution in [3.05, 3.63) is 29.0 Å². The maximum absolute atomic E-state index is 13.0. The molecule has 0 bridgehead atoms. The highest BCUT2D eigenvalue weighted by Gasteiger charge is 2.33. The molecule has 0 unspecified atom stereocenters. The fraction of sp³-hybridized carbons (Fsp3) is 0.273. The highest BCUT2D eigenvalue weighted by atomic mass is 35.5. The van der Waals surface area contributed by atoms with Gasteiger partial charge >= 0.3 is 0 Å². The Bertz CT molecular complexity index is 492. The monoisotopic (exact) mass is 256 g/mol. The van der Waals surface area contributed by atoms with E-state index in [4.69, 9.17) is 17.3 Å². The van der Waals surface area contributed by atoms with Crippen molar-refractivity contribution in [1.29, 1.82) is 0 Å². The van der Waals surface area contributed by atoms with E-state index >= 15 is 0 Å². The fourth-order valence-electron chi connectivity index (χ4n) is 1.70. The van der Waals surface area contributed by atoms with Crippen LogP contribution in [0.1, 0.15) is 12.8 Å². The maximum Gasteiger partial charge on any atom is 0.250 e. The summed E-state index contributed by atoms with van der Waals surface area (Å²) < 4.78 is 13.0. The van der Waals surface area contributed by atoms with E-state index in [9.17, 15) is 14.0 Å².